The molecule has 2 heterocycles. The smallest absolute Gasteiger partial charge is 0.250 e. The number of benzene rings is 1. The van der Waals surface area contributed by atoms with Crippen molar-refractivity contribution in [1.29, 1.82) is 0 Å². The second-order valence-corrected chi connectivity index (χ2v) is 7.76. The van der Waals surface area contributed by atoms with E-state index in [1.54, 1.807) is 0 Å². The molecule has 11 heteroatoms. The summed E-state index contributed by atoms with van der Waals surface area (Å²) in [6, 6.07) is 5.38. The van der Waals surface area contributed by atoms with Crippen LogP contribution in [0.25, 0.3) is 0 Å². The molecule has 1 aromatic carbocycles. The molecule has 170 valence electrons. The molecule has 2 amide bonds. The van der Waals surface area contributed by atoms with Gasteiger partial charge in [0.2, 0.25) is 11.8 Å². The maximum absolute atomic E-state index is 12.8. The molecule has 2 saturated heterocycles. The molecule has 0 spiro atoms. The average Bonchev–Trinajstić information content (AvgIpc) is 3.17. The lowest BCUT2D eigenvalue weighted by molar-refractivity contribution is -0.133. The van der Waals surface area contributed by atoms with Crippen LogP contribution < -0.4 is 21.3 Å². The fourth-order valence-corrected chi connectivity index (χ4v) is 3.93. The van der Waals surface area contributed by atoms with E-state index in [4.69, 9.17) is 17.3 Å². The number of piperazine rings is 1. The van der Waals surface area contributed by atoms with E-state index in [9.17, 15) is 14.7 Å². The van der Waals surface area contributed by atoms with E-state index in [-0.39, 0.29) is 49.3 Å². The zero-order valence-corrected chi connectivity index (χ0v) is 19.2. The van der Waals surface area contributed by atoms with Gasteiger partial charge in [-0.1, -0.05) is 17.7 Å². The highest BCUT2D eigenvalue weighted by Gasteiger charge is 2.34. The van der Waals surface area contributed by atoms with E-state index >= 15 is 0 Å². The van der Waals surface area contributed by atoms with Crippen molar-refractivity contribution in [3.63, 3.8) is 0 Å². The van der Waals surface area contributed by atoms with Gasteiger partial charge in [-0.15, -0.1) is 24.8 Å². The SMILES string of the molecule is Cc1c(Cl)cccc1N1CCN(C(=O)[C@@H]2CC(NC(=O)[C@H](O)CN)CN2)CC1.Cl.Cl. The molecule has 0 radical (unpaired) electrons. The second-order valence-electron chi connectivity index (χ2n) is 7.35. The molecule has 2 aliphatic heterocycles. The number of rotatable bonds is 5. The van der Waals surface area contributed by atoms with Crippen LogP contribution in [0.1, 0.15) is 12.0 Å². The Hall–Kier alpha value is -1.29. The first-order valence-electron chi connectivity index (χ1n) is 9.61. The summed E-state index contributed by atoms with van der Waals surface area (Å²) in [5.41, 5.74) is 7.46. The van der Waals surface area contributed by atoms with Gasteiger partial charge in [0.05, 0.1) is 6.04 Å². The van der Waals surface area contributed by atoms with Crippen LogP contribution in [-0.4, -0.2) is 79.3 Å². The van der Waals surface area contributed by atoms with Crippen molar-refractivity contribution >= 4 is 53.9 Å². The Bertz CT molecular complexity index is 731. The highest BCUT2D eigenvalue weighted by molar-refractivity contribution is 6.31. The van der Waals surface area contributed by atoms with E-state index in [2.05, 4.69) is 21.6 Å². The Morgan fingerprint density at radius 1 is 1.30 bits per heavy atom. The minimum Gasteiger partial charge on any atom is -0.382 e. The summed E-state index contributed by atoms with van der Waals surface area (Å²) in [4.78, 5) is 28.7. The summed E-state index contributed by atoms with van der Waals surface area (Å²) in [7, 11) is 0. The van der Waals surface area contributed by atoms with Gasteiger partial charge >= 0.3 is 0 Å². The number of carbonyl (C=O) groups excluding carboxylic acids is 2. The zero-order chi connectivity index (χ0) is 20.3. The molecule has 5 N–H and O–H groups in total. The van der Waals surface area contributed by atoms with E-state index < -0.39 is 12.0 Å². The van der Waals surface area contributed by atoms with Gasteiger partial charge in [-0.2, -0.15) is 0 Å². The number of nitrogens with zero attached hydrogens (tertiary/aromatic N) is 2. The molecule has 0 saturated carbocycles. The quantitative estimate of drug-likeness (QED) is 0.481. The highest BCUT2D eigenvalue weighted by atomic mass is 35.5. The minimum absolute atomic E-state index is 0. The van der Waals surface area contributed by atoms with Crippen LogP contribution in [-0.2, 0) is 9.59 Å². The molecule has 0 bridgehead atoms. The van der Waals surface area contributed by atoms with Crippen LogP contribution in [0, 0.1) is 6.92 Å². The minimum atomic E-state index is -1.21. The average molecular weight is 483 g/mol. The Balaban J connectivity index is 0.00000225. The van der Waals surface area contributed by atoms with Gasteiger partial charge in [0, 0.05) is 56.0 Å². The highest BCUT2D eigenvalue weighted by Crippen LogP contribution is 2.27. The number of anilines is 1. The van der Waals surface area contributed by atoms with Crippen LogP contribution >= 0.6 is 36.4 Å². The van der Waals surface area contributed by atoms with Crippen molar-refractivity contribution in [1.82, 2.24) is 15.5 Å². The van der Waals surface area contributed by atoms with Gasteiger partial charge in [0.1, 0.15) is 6.10 Å². The fraction of sp³-hybridized carbons (Fsp3) is 0.579. The molecule has 8 nitrogen and oxygen atoms in total. The van der Waals surface area contributed by atoms with Crippen molar-refractivity contribution in [2.45, 2.75) is 31.5 Å². The number of carbonyl (C=O) groups is 2. The predicted octanol–water partition coefficient (Wildman–Crippen LogP) is 0.307. The summed E-state index contributed by atoms with van der Waals surface area (Å²) in [5.74, 6) is -0.438. The van der Waals surface area contributed by atoms with E-state index in [0.29, 0.717) is 26.1 Å². The number of nitrogens with two attached hydrogens (primary N) is 1. The monoisotopic (exact) mass is 481 g/mol. The molecular weight excluding hydrogens is 453 g/mol. The molecule has 0 aromatic heterocycles. The van der Waals surface area contributed by atoms with Crippen molar-refractivity contribution < 1.29 is 14.7 Å². The lowest BCUT2D eigenvalue weighted by Gasteiger charge is -2.38. The molecule has 1 unspecified atom stereocenters. The van der Waals surface area contributed by atoms with Gasteiger partial charge in [-0.3, -0.25) is 9.59 Å². The number of amides is 2. The third-order valence-corrected chi connectivity index (χ3v) is 5.88. The zero-order valence-electron chi connectivity index (χ0n) is 16.8. The van der Waals surface area contributed by atoms with Crippen LogP contribution in [0.4, 0.5) is 5.69 Å². The third kappa shape index (κ3) is 6.12. The maximum Gasteiger partial charge on any atom is 0.250 e. The molecule has 2 fully saturated rings. The Morgan fingerprint density at radius 2 is 1.97 bits per heavy atom. The van der Waals surface area contributed by atoms with Crippen molar-refractivity contribution in [3.05, 3.63) is 28.8 Å². The van der Waals surface area contributed by atoms with E-state index in [1.165, 1.54) is 0 Å². The summed E-state index contributed by atoms with van der Waals surface area (Å²) >= 11 is 6.22. The van der Waals surface area contributed by atoms with Gasteiger partial charge in [0.25, 0.3) is 0 Å². The number of hydrogen-bond acceptors (Lipinski definition) is 6. The summed E-state index contributed by atoms with van der Waals surface area (Å²) in [6.07, 6.45) is -0.701. The number of aliphatic hydroxyl groups is 1. The molecule has 3 atom stereocenters. The normalized spacial score (nSPS) is 22.0. The molecule has 1 aromatic rings. The lowest BCUT2D eigenvalue weighted by atomic mass is 10.1. The van der Waals surface area contributed by atoms with E-state index in [1.807, 2.05) is 24.0 Å². The molecule has 3 rings (SSSR count). The summed E-state index contributed by atoms with van der Waals surface area (Å²) < 4.78 is 0. The maximum atomic E-state index is 12.8. The number of hydrogen-bond donors (Lipinski definition) is 4. The van der Waals surface area contributed by atoms with Crippen molar-refractivity contribution in [2.24, 2.45) is 5.73 Å². The van der Waals surface area contributed by atoms with Crippen LogP contribution in [0.3, 0.4) is 0 Å². The third-order valence-electron chi connectivity index (χ3n) is 5.47. The van der Waals surface area contributed by atoms with Gasteiger partial charge < -0.3 is 31.3 Å². The lowest BCUT2D eigenvalue weighted by Crippen LogP contribution is -2.53. The predicted molar refractivity (Wildman–Crippen MR) is 123 cm³/mol. The molecular formula is C19H30Cl3N5O3. The van der Waals surface area contributed by atoms with Gasteiger partial charge in [-0.25, -0.2) is 0 Å². The first-order chi connectivity index (χ1) is 13.4. The Morgan fingerprint density at radius 3 is 2.60 bits per heavy atom. The first kappa shape index (κ1) is 26.7. The number of nitrogens with one attached hydrogen (secondary N) is 2. The second kappa shape index (κ2) is 11.9. The molecule has 2 aliphatic rings. The topological polar surface area (TPSA) is 111 Å². The van der Waals surface area contributed by atoms with Gasteiger partial charge in [0.15, 0.2) is 0 Å². The van der Waals surface area contributed by atoms with Crippen molar-refractivity contribution in [3.8, 4) is 0 Å². The van der Waals surface area contributed by atoms with E-state index in [0.717, 1.165) is 29.4 Å². The summed E-state index contributed by atoms with van der Waals surface area (Å²) in [6.45, 7) is 5.18. The van der Waals surface area contributed by atoms with Crippen LogP contribution in [0.15, 0.2) is 18.2 Å². The molecule has 0 aliphatic carbocycles. The summed E-state index contributed by atoms with van der Waals surface area (Å²) in [5, 5.41) is 16.1. The molecule has 30 heavy (non-hydrogen) atoms. The van der Waals surface area contributed by atoms with Crippen molar-refractivity contribution in [2.75, 3.05) is 44.2 Å². The number of halogens is 3. The standard InChI is InChI=1S/C19H28ClN5O3.2ClH/c1-12-14(20)3-2-4-16(12)24-5-7-25(8-6-24)19(28)15-9-13(11-22-15)23-18(27)17(26)10-21;;/h2-4,13,15,17,22,26H,5-11,21H2,1H3,(H,23,27);2*1H/t13?,15-,17+;;/m0../s1. The number of aliphatic hydroxyl groups excluding tert-OH is 1. The first-order valence-corrected chi connectivity index (χ1v) is 9.99. The fourth-order valence-electron chi connectivity index (χ4n) is 3.76. The van der Waals surface area contributed by atoms with Gasteiger partial charge in [-0.05, 0) is 31.0 Å². The Labute approximate surface area is 194 Å². The van der Waals surface area contributed by atoms with Crippen LogP contribution in [0.5, 0.6) is 0 Å². The van der Waals surface area contributed by atoms with Crippen LogP contribution in [0.2, 0.25) is 5.02 Å². The largest absolute Gasteiger partial charge is 0.382 e. The Kier molecular flexibility index (Phi) is 10.6.